The summed E-state index contributed by atoms with van der Waals surface area (Å²) in [5.74, 6) is -1.15. The minimum atomic E-state index is -4.15. The lowest BCUT2D eigenvalue weighted by molar-refractivity contribution is 0.570. The predicted molar refractivity (Wildman–Crippen MR) is 69.3 cm³/mol. The second-order valence-corrected chi connectivity index (χ2v) is 5.83. The van der Waals surface area contributed by atoms with E-state index in [1.165, 1.54) is 18.3 Å². The van der Waals surface area contributed by atoms with Crippen LogP contribution in [0, 0.1) is 5.82 Å². The molecule has 0 radical (unpaired) electrons. The summed E-state index contributed by atoms with van der Waals surface area (Å²) in [6.45, 7) is 0. The van der Waals surface area contributed by atoms with Gasteiger partial charge in [-0.15, -0.1) is 0 Å². The van der Waals surface area contributed by atoms with Gasteiger partial charge in [-0.25, -0.2) is 17.8 Å². The largest absolute Gasteiger partial charge is 0.266 e. The molecule has 1 aromatic carbocycles. The lowest BCUT2D eigenvalue weighted by Crippen LogP contribution is -2.15. The number of hydrogen-bond acceptors (Lipinski definition) is 4. The van der Waals surface area contributed by atoms with E-state index >= 15 is 0 Å². The molecule has 100 valence electrons. The van der Waals surface area contributed by atoms with E-state index in [0.717, 1.165) is 12.3 Å². The van der Waals surface area contributed by atoms with Crippen LogP contribution in [0.2, 0.25) is 10.2 Å². The monoisotopic (exact) mass is 321 g/mol. The number of rotatable bonds is 3. The maximum absolute atomic E-state index is 13.7. The quantitative estimate of drug-likeness (QED) is 0.943. The molecule has 0 atom stereocenters. The topological polar surface area (TPSA) is 72.0 Å². The molecule has 0 spiro atoms. The molecule has 9 heteroatoms. The summed E-state index contributed by atoms with van der Waals surface area (Å²) in [4.78, 5) is 6.77. The average Bonchev–Trinajstić information content (AvgIpc) is 2.32. The summed E-state index contributed by atoms with van der Waals surface area (Å²) >= 11 is 11.1. The number of halogens is 3. The van der Waals surface area contributed by atoms with E-state index in [9.17, 15) is 12.8 Å². The molecule has 0 aliphatic carbocycles. The van der Waals surface area contributed by atoms with Crippen molar-refractivity contribution in [1.29, 1.82) is 0 Å². The van der Waals surface area contributed by atoms with Crippen molar-refractivity contribution in [1.82, 2.24) is 9.97 Å². The van der Waals surface area contributed by atoms with Crippen LogP contribution in [0.25, 0.3) is 0 Å². The second-order valence-electron chi connectivity index (χ2n) is 3.38. The third-order valence-electron chi connectivity index (χ3n) is 2.05. The van der Waals surface area contributed by atoms with Crippen molar-refractivity contribution >= 4 is 39.0 Å². The zero-order chi connectivity index (χ0) is 14.0. The van der Waals surface area contributed by atoms with Crippen LogP contribution in [0.4, 0.5) is 10.2 Å². The van der Waals surface area contributed by atoms with Crippen molar-refractivity contribution in [3.63, 3.8) is 0 Å². The Bertz CT molecular complexity index is 724. The number of aromatic nitrogens is 2. The molecule has 0 bridgehead atoms. The first kappa shape index (κ1) is 14.0. The minimum Gasteiger partial charge on any atom is -0.262 e. The Kier molecular flexibility index (Phi) is 3.88. The van der Waals surface area contributed by atoms with Gasteiger partial charge in [0.2, 0.25) is 0 Å². The molecule has 1 heterocycles. The smallest absolute Gasteiger partial charge is 0.262 e. The minimum absolute atomic E-state index is 0.00626. The van der Waals surface area contributed by atoms with E-state index in [-0.39, 0.29) is 16.0 Å². The normalized spacial score (nSPS) is 11.3. The zero-order valence-corrected chi connectivity index (χ0v) is 11.5. The van der Waals surface area contributed by atoms with Crippen molar-refractivity contribution < 1.29 is 12.8 Å². The Morgan fingerprint density at radius 3 is 2.63 bits per heavy atom. The summed E-state index contributed by atoms with van der Waals surface area (Å²) in [6.07, 6.45) is 2.38. The van der Waals surface area contributed by atoms with Gasteiger partial charge in [-0.2, -0.15) is 0 Å². The fourth-order valence-corrected chi connectivity index (χ4v) is 2.74. The lowest BCUT2D eigenvalue weighted by Gasteiger charge is -2.08. The predicted octanol–water partition coefficient (Wildman–Crippen LogP) is 2.72. The van der Waals surface area contributed by atoms with Crippen LogP contribution in [-0.2, 0) is 10.0 Å². The summed E-state index contributed by atoms with van der Waals surface area (Å²) in [6, 6.07) is 3.65. The summed E-state index contributed by atoms with van der Waals surface area (Å²) in [5.41, 5.74) is 0. The number of nitrogens with zero attached hydrogens (tertiary/aromatic N) is 2. The standard InChI is InChI=1S/C10H6Cl2FN3O2S/c11-6-2-1-3-7(10(6)13)19(17,18)16-9-5-14-4-8(12)15-9/h1-5H,(H,15,16). The van der Waals surface area contributed by atoms with E-state index in [2.05, 4.69) is 14.7 Å². The van der Waals surface area contributed by atoms with E-state index in [1.807, 2.05) is 0 Å². The van der Waals surface area contributed by atoms with Gasteiger partial charge in [0.1, 0.15) is 10.0 Å². The highest BCUT2D eigenvalue weighted by atomic mass is 35.5. The fraction of sp³-hybridized carbons (Fsp3) is 0. The highest BCUT2D eigenvalue weighted by molar-refractivity contribution is 7.92. The van der Waals surface area contributed by atoms with Crippen molar-refractivity contribution in [3.8, 4) is 0 Å². The molecule has 19 heavy (non-hydrogen) atoms. The van der Waals surface area contributed by atoms with Gasteiger partial charge in [-0.05, 0) is 12.1 Å². The maximum atomic E-state index is 13.7. The Hall–Kier alpha value is -1.44. The first-order valence-electron chi connectivity index (χ1n) is 4.84. The van der Waals surface area contributed by atoms with Gasteiger partial charge in [0.15, 0.2) is 11.6 Å². The Labute approximate surface area is 118 Å². The number of sulfonamides is 1. The third kappa shape index (κ3) is 3.12. The molecule has 2 rings (SSSR count). The molecular formula is C10H6Cl2FN3O2S. The van der Waals surface area contributed by atoms with E-state index in [0.29, 0.717) is 0 Å². The molecule has 1 N–H and O–H groups in total. The van der Waals surface area contributed by atoms with E-state index in [1.54, 1.807) is 0 Å². The summed E-state index contributed by atoms with van der Waals surface area (Å²) in [7, 11) is -4.15. The Morgan fingerprint density at radius 2 is 1.95 bits per heavy atom. The van der Waals surface area contributed by atoms with Gasteiger partial charge >= 0.3 is 0 Å². The van der Waals surface area contributed by atoms with Gasteiger partial charge in [0.25, 0.3) is 10.0 Å². The lowest BCUT2D eigenvalue weighted by atomic mass is 10.3. The molecule has 1 aromatic heterocycles. The van der Waals surface area contributed by atoms with E-state index < -0.39 is 20.7 Å². The molecule has 0 fully saturated rings. The maximum Gasteiger partial charge on any atom is 0.266 e. The number of anilines is 1. The second kappa shape index (κ2) is 5.28. The molecule has 0 aliphatic rings. The average molecular weight is 322 g/mol. The van der Waals surface area contributed by atoms with Crippen LogP contribution in [0.3, 0.4) is 0 Å². The van der Waals surface area contributed by atoms with Crippen LogP contribution in [0.5, 0.6) is 0 Å². The first-order valence-corrected chi connectivity index (χ1v) is 7.08. The van der Waals surface area contributed by atoms with Crippen molar-refractivity contribution in [2.24, 2.45) is 0 Å². The van der Waals surface area contributed by atoms with Gasteiger partial charge in [0, 0.05) is 0 Å². The Balaban J connectivity index is 2.41. The SMILES string of the molecule is O=S(=O)(Nc1cncc(Cl)n1)c1cccc(Cl)c1F. The van der Waals surface area contributed by atoms with E-state index in [4.69, 9.17) is 23.2 Å². The van der Waals surface area contributed by atoms with Gasteiger partial charge < -0.3 is 0 Å². The third-order valence-corrected chi connectivity index (χ3v) is 3.90. The van der Waals surface area contributed by atoms with Crippen LogP contribution < -0.4 is 4.72 Å². The molecule has 0 saturated heterocycles. The zero-order valence-electron chi connectivity index (χ0n) is 9.14. The van der Waals surface area contributed by atoms with Crippen LogP contribution in [0.15, 0.2) is 35.5 Å². The summed E-state index contributed by atoms with van der Waals surface area (Å²) in [5, 5.41) is -0.285. The number of nitrogens with one attached hydrogen (secondary N) is 1. The highest BCUT2D eigenvalue weighted by Gasteiger charge is 2.21. The fourth-order valence-electron chi connectivity index (χ4n) is 1.28. The molecule has 0 saturated carbocycles. The van der Waals surface area contributed by atoms with Gasteiger partial charge in [0.05, 0.1) is 17.4 Å². The molecule has 5 nitrogen and oxygen atoms in total. The molecule has 0 aliphatic heterocycles. The van der Waals surface area contributed by atoms with Crippen molar-refractivity contribution in [3.05, 3.63) is 46.6 Å². The van der Waals surface area contributed by atoms with Crippen molar-refractivity contribution in [2.45, 2.75) is 4.90 Å². The van der Waals surface area contributed by atoms with Crippen LogP contribution >= 0.6 is 23.2 Å². The van der Waals surface area contributed by atoms with Crippen molar-refractivity contribution in [2.75, 3.05) is 4.72 Å². The van der Waals surface area contributed by atoms with Gasteiger partial charge in [-0.1, -0.05) is 29.3 Å². The van der Waals surface area contributed by atoms with Crippen LogP contribution in [-0.4, -0.2) is 18.4 Å². The Morgan fingerprint density at radius 1 is 1.21 bits per heavy atom. The first-order chi connectivity index (χ1) is 8.90. The summed E-state index contributed by atoms with van der Waals surface area (Å²) < 4.78 is 39.7. The highest BCUT2D eigenvalue weighted by Crippen LogP contribution is 2.23. The number of benzene rings is 1. The molecular weight excluding hydrogens is 316 g/mol. The molecule has 0 amide bonds. The van der Waals surface area contributed by atoms with Gasteiger partial charge in [-0.3, -0.25) is 9.71 Å². The molecule has 2 aromatic rings. The van der Waals surface area contributed by atoms with Crippen LogP contribution in [0.1, 0.15) is 0 Å². The number of hydrogen-bond donors (Lipinski definition) is 1. The molecule has 0 unspecified atom stereocenters.